The molecule has 0 saturated heterocycles. The van der Waals surface area contributed by atoms with E-state index in [-0.39, 0.29) is 0 Å². The Morgan fingerprint density at radius 3 is 2.50 bits per heavy atom. The summed E-state index contributed by atoms with van der Waals surface area (Å²) in [4.78, 5) is 2.20. The summed E-state index contributed by atoms with van der Waals surface area (Å²) in [5, 5.41) is 9.18. The molecule has 0 aromatic heterocycles. The molecular formula is C3H7NPSe. The van der Waals surface area contributed by atoms with Crippen molar-refractivity contribution >= 4 is 21.4 Å². The van der Waals surface area contributed by atoms with Crippen molar-refractivity contribution in [2.45, 2.75) is 12.2 Å². The van der Waals surface area contributed by atoms with E-state index < -0.39 is 13.5 Å². The molecular weight excluding hydrogens is 160 g/mol. The normalized spacial score (nSPS) is 8.33. The topological polar surface area (TPSA) is 23.8 Å². The van der Waals surface area contributed by atoms with Crippen LogP contribution in [0.5, 0.6) is 0 Å². The first kappa shape index (κ1) is 6.44. The van der Waals surface area contributed by atoms with Crippen molar-refractivity contribution in [1.29, 1.82) is 5.26 Å². The predicted molar refractivity (Wildman–Crippen MR) is 31.6 cm³/mol. The molecule has 0 heterocycles. The Morgan fingerprint density at radius 2 is 2.50 bits per heavy atom. The van der Waals surface area contributed by atoms with Gasteiger partial charge in [-0.15, -0.1) is 0 Å². The first-order valence-electron chi connectivity index (χ1n) is 1.66. The fraction of sp³-hybridized carbons (Fsp3) is 0.667. The molecule has 0 rings (SSSR count). The van der Waals surface area contributed by atoms with E-state index in [1.165, 1.54) is 0 Å². The SMILES string of the molecule is CC[Se](P)C#N. The summed E-state index contributed by atoms with van der Waals surface area (Å²) < 4.78 is 0. The second-order valence-electron chi connectivity index (χ2n) is 0.809. The summed E-state index contributed by atoms with van der Waals surface area (Å²) in [6, 6.07) is 0. The number of nitriles is 1. The first-order chi connectivity index (χ1) is 2.81. The Labute approximate surface area is 44.4 Å². The van der Waals surface area contributed by atoms with Gasteiger partial charge in [0.15, 0.2) is 0 Å². The van der Waals surface area contributed by atoms with Crippen LogP contribution in [0, 0.1) is 10.2 Å². The summed E-state index contributed by atoms with van der Waals surface area (Å²) >= 11 is -0.829. The van der Waals surface area contributed by atoms with Gasteiger partial charge in [-0.25, -0.2) is 0 Å². The fourth-order valence-electron chi connectivity index (χ4n) is 0.0645. The summed E-state index contributed by atoms with van der Waals surface area (Å²) in [5.74, 6) is 0. The molecule has 0 aromatic rings. The number of hydrogen-bond donors (Lipinski definition) is 0. The maximum atomic E-state index is 8.12. The van der Waals surface area contributed by atoms with Crippen molar-refractivity contribution in [2.24, 2.45) is 0 Å². The van der Waals surface area contributed by atoms with Crippen molar-refractivity contribution in [3.8, 4) is 4.97 Å². The van der Waals surface area contributed by atoms with E-state index in [0.29, 0.717) is 0 Å². The molecule has 1 radical (unpaired) electrons. The molecule has 0 spiro atoms. The molecule has 0 N–H and O–H groups in total. The number of rotatable bonds is 1. The van der Waals surface area contributed by atoms with E-state index in [2.05, 4.69) is 12.9 Å². The molecule has 0 aliphatic rings. The van der Waals surface area contributed by atoms with Gasteiger partial charge in [0.25, 0.3) is 0 Å². The van der Waals surface area contributed by atoms with Crippen molar-refractivity contribution in [3.63, 3.8) is 0 Å². The quantitative estimate of drug-likeness (QED) is 0.421. The van der Waals surface area contributed by atoms with Crippen LogP contribution in [-0.4, -0.2) is 13.5 Å². The van der Waals surface area contributed by atoms with Crippen LogP contribution in [0.4, 0.5) is 0 Å². The van der Waals surface area contributed by atoms with Crippen molar-refractivity contribution in [3.05, 3.63) is 0 Å². The standard InChI is InChI=1S/C3H7NPSe/c1-2-6(5)3-4/h2,5H2,1H3. The van der Waals surface area contributed by atoms with Crippen molar-refractivity contribution in [1.82, 2.24) is 0 Å². The molecule has 0 aromatic carbocycles. The molecule has 0 saturated carbocycles. The van der Waals surface area contributed by atoms with Gasteiger partial charge < -0.3 is 0 Å². The van der Waals surface area contributed by atoms with Gasteiger partial charge in [0, 0.05) is 0 Å². The van der Waals surface area contributed by atoms with E-state index in [1.54, 1.807) is 0 Å². The van der Waals surface area contributed by atoms with Gasteiger partial charge in [0.1, 0.15) is 0 Å². The summed E-state index contributed by atoms with van der Waals surface area (Å²) in [6.07, 6.45) is 0. The Morgan fingerprint density at radius 1 is 2.00 bits per heavy atom. The second-order valence-corrected chi connectivity index (χ2v) is 7.16. The number of nitrogens with zero attached hydrogens (tertiary/aromatic N) is 1. The molecule has 3 heteroatoms. The van der Waals surface area contributed by atoms with E-state index >= 15 is 0 Å². The van der Waals surface area contributed by atoms with Crippen LogP contribution in [0.1, 0.15) is 6.92 Å². The van der Waals surface area contributed by atoms with Crippen LogP contribution in [0.25, 0.3) is 0 Å². The van der Waals surface area contributed by atoms with E-state index in [9.17, 15) is 0 Å². The molecule has 0 amide bonds. The van der Waals surface area contributed by atoms with Crippen LogP contribution in [0.2, 0.25) is 5.32 Å². The molecule has 6 heavy (non-hydrogen) atoms. The third-order valence-electron chi connectivity index (χ3n) is 0.428. The molecule has 0 aliphatic heterocycles. The first-order valence-corrected chi connectivity index (χ1v) is 7.17. The van der Waals surface area contributed by atoms with Gasteiger partial charge >= 0.3 is 43.9 Å². The Bertz CT molecular complexity index is 67.7. The van der Waals surface area contributed by atoms with Crippen molar-refractivity contribution < 1.29 is 0 Å². The zero-order chi connectivity index (χ0) is 4.99. The van der Waals surface area contributed by atoms with Crippen LogP contribution in [0.3, 0.4) is 0 Å². The van der Waals surface area contributed by atoms with E-state index in [0.717, 1.165) is 5.32 Å². The average molecular weight is 167 g/mol. The van der Waals surface area contributed by atoms with Gasteiger partial charge in [-0.05, 0) is 0 Å². The van der Waals surface area contributed by atoms with Crippen molar-refractivity contribution in [2.75, 3.05) is 0 Å². The zero-order valence-corrected chi connectivity index (χ0v) is 6.51. The Kier molecular flexibility index (Phi) is 3.89. The zero-order valence-electron chi connectivity index (χ0n) is 3.64. The third-order valence-corrected chi connectivity index (χ3v) is 4.51. The third kappa shape index (κ3) is 2.66. The molecule has 1 nitrogen and oxygen atoms in total. The monoisotopic (exact) mass is 168 g/mol. The fourth-order valence-corrected chi connectivity index (χ4v) is 0.335. The van der Waals surface area contributed by atoms with Gasteiger partial charge in [-0.2, -0.15) is 0 Å². The van der Waals surface area contributed by atoms with Gasteiger partial charge in [0.05, 0.1) is 0 Å². The summed E-state index contributed by atoms with van der Waals surface area (Å²) in [5.41, 5.74) is 0. The van der Waals surface area contributed by atoms with E-state index in [1.807, 2.05) is 6.92 Å². The van der Waals surface area contributed by atoms with Crippen LogP contribution in [-0.2, 0) is 0 Å². The molecule has 0 bridgehead atoms. The Hall–Kier alpha value is 0.439. The molecule has 1 unspecified atom stereocenters. The Balaban J connectivity index is 3.04. The molecule has 1 atom stereocenters. The summed E-state index contributed by atoms with van der Waals surface area (Å²) in [7, 11) is 2.57. The number of hydrogen-bond acceptors (Lipinski definition) is 1. The predicted octanol–water partition coefficient (Wildman–Crippen LogP) is 0.936. The average Bonchev–Trinajstić information content (AvgIpc) is 1.65. The maximum absolute atomic E-state index is 8.12. The van der Waals surface area contributed by atoms with Crippen LogP contribution in [0.15, 0.2) is 0 Å². The minimum absolute atomic E-state index is 0.829. The van der Waals surface area contributed by atoms with Crippen LogP contribution < -0.4 is 0 Å². The summed E-state index contributed by atoms with van der Waals surface area (Å²) in [6.45, 7) is 2.04. The molecule has 0 aliphatic carbocycles. The second kappa shape index (κ2) is 3.62. The van der Waals surface area contributed by atoms with Gasteiger partial charge in [-0.1, -0.05) is 0 Å². The van der Waals surface area contributed by atoms with Crippen LogP contribution >= 0.6 is 7.93 Å². The molecule has 35 valence electrons. The van der Waals surface area contributed by atoms with Gasteiger partial charge in [-0.3, -0.25) is 0 Å². The minimum atomic E-state index is -0.829. The molecule has 0 fully saturated rings. The van der Waals surface area contributed by atoms with E-state index in [4.69, 9.17) is 5.26 Å². The van der Waals surface area contributed by atoms with Gasteiger partial charge in [0.2, 0.25) is 0 Å².